The molecule has 0 unspecified atom stereocenters. The average molecular weight is 942 g/mol. The standard InChI is InChI=1S/C15H13F3O2.C8H6BrF3O.C8H4BrF3O.C7H9BO3/c1-20-13-4-2-3-12(9-13)10-5-7-11(8-6-10)14(19)15(16,17)18;2*9-6-3-1-5(2-4-6)7(13)8(10,11)12;1-11-7-4-2-3-6(5-7)8(9)10/h2-9,14,19H,1H3;1-4,7,13H;1-4H;2-5,9-10H,1H3/t14-;7-;;/m11../s1. The van der Waals surface area contributed by atoms with Gasteiger partial charge in [0.1, 0.15) is 11.5 Å². The number of hydrogen-bond acceptors (Lipinski definition) is 7. The molecular formula is C38H32BBr2F9O7. The zero-order chi connectivity index (χ0) is 43.1. The molecule has 0 spiro atoms. The fourth-order valence-electron chi connectivity index (χ4n) is 4.25. The zero-order valence-corrected chi connectivity index (χ0v) is 32.6. The van der Waals surface area contributed by atoms with Gasteiger partial charge in [0.05, 0.1) is 14.2 Å². The second-order valence-electron chi connectivity index (χ2n) is 11.3. The molecule has 5 aromatic carbocycles. The third kappa shape index (κ3) is 16.5. The summed E-state index contributed by atoms with van der Waals surface area (Å²) in [5.74, 6) is -0.530. The number of carbonyl (C=O) groups is 1. The molecule has 0 saturated carbocycles. The van der Waals surface area contributed by atoms with Crippen LogP contribution in [0.4, 0.5) is 39.5 Å². The van der Waals surface area contributed by atoms with Crippen LogP contribution in [0.15, 0.2) is 130 Å². The van der Waals surface area contributed by atoms with E-state index >= 15 is 0 Å². The first-order valence-electron chi connectivity index (χ1n) is 15.8. The lowest BCUT2D eigenvalue weighted by molar-refractivity contribution is -0.207. The summed E-state index contributed by atoms with van der Waals surface area (Å²) in [5, 5.41) is 35.5. The molecule has 7 nitrogen and oxygen atoms in total. The molecule has 0 saturated heterocycles. The van der Waals surface area contributed by atoms with Gasteiger partial charge < -0.3 is 29.7 Å². The molecule has 5 rings (SSSR count). The van der Waals surface area contributed by atoms with E-state index in [1.807, 2.05) is 6.07 Å². The molecule has 0 fully saturated rings. The molecule has 0 heterocycles. The van der Waals surface area contributed by atoms with Crippen LogP contribution >= 0.6 is 31.9 Å². The molecule has 2 atom stereocenters. The lowest BCUT2D eigenvalue weighted by Gasteiger charge is -2.15. The highest BCUT2D eigenvalue weighted by Gasteiger charge is 2.40. The number of aliphatic hydroxyl groups excluding tert-OH is 2. The Morgan fingerprint density at radius 2 is 0.982 bits per heavy atom. The fraction of sp³-hybridized carbons (Fsp3) is 0.184. The number of benzene rings is 5. The van der Waals surface area contributed by atoms with Gasteiger partial charge in [-0.05, 0) is 88.4 Å². The first kappa shape index (κ1) is 48.8. The maximum atomic E-state index is 12.4. The van der Waals surface area contributed by atoms with E-state index in [0.717, 1.165) is 23.3 Å². The fourth-order valence-corrected chi connectivity index (χ4v) is 4.78. The molecule has 0 bridgehead atoms. The van der Waals surface area contributed by atoms with Crippen LogP contribution in [-0.2, 0) is 0 Å². The zero-order valence-electron chi connectivity index (χ0n) is 29.5. The first-order valence-corrected chi connectivity index (χ1v) is 17.4. The second kappa shape index (κ2) is 21.9. The third-order valence-corrected chi connectivity index (χ3v) is 8.25. The lowest BCUT2D eigenvalue weighted by atomic mass is 9.80. The van der Waals surface area contributed by atoms with E-state index in [4.69, 9.17) is 29.7 Å². The highest BCUT2D eigenvalue weighted by Crippen LogP contribution is 2.34. The van der Waals surface area contributed by atoms with E-state index in [1.165, 1.54) is 55.6 Å². The largest absolute Gasteiger partial charge is 0.497 e. The minimum absolute atomic E-state index is 0.157. The van der Waals surface area contributed by atoms with Crippen molar-refractivity contribution in [2.75, 3.05) is 14.2 Å². The van der Waals surface area contributed by atoms with Crippen molar-refractivity contribution >= 4 is 50.2 Å². The number of ether oxygens (including phenoxy) is 2. The molecule has 0 radical (unpaired) electrons. The van der Waals surface area contributed by atoms with Crippen LogP contribution in [0.1, 0.15) is 33.7 Å². The molecule has 19 heteroatoms. The smallest absolute Gasteiger partial charge is 0.488 e. The van der Waals surface area contributed by atoms with Crippen molar-refractivity contribution < 1.29 is 74.0 Å². The van der Waals surface area contributed by atoms with Crippen LogP contribution in [0.2, 0.25) is 0 Å². The van der Waals surface area contributed by atoms with Gasteiger partial charge >= 0.3 is 25.6 Å². The van der Waals surface area contributed by atoms with Crippen LogP contribution in [-0.4, -0.2) is 65.9 Å². The summed E-state index contributed by atoms with van der Waals surface area (Å²) in [6.45, 7) is 0. The number of carbonyl (C=O) groups excluding carboxylic acids is 1. The molecule has 0 aliphatic heterocycles. The minimum atomic E-state index is -4.80. The maximum absolute atomic E-state index is 12.4. The topological polar surface area (TPSA) is 116 Å². The van der Waals surface area contributed by atoms with Crippen molar-refractivity contribution in [3.63, 3.8) is 0 Å². The van der Waals surface area contributed by atoms with E-state index in [1.54, 1.807) is 61.7 Å². The molecule has 5 aromatic rings. The normalized spacial score (nSPS) is 12.2. The van der Waals surface area contributed by atoms with Crippen molar-refractivity contribution in [3.8, 4) is 22.6 Å². The Bertz CT molecular complexity index is 1980. The van der Waals surface area contributed by atoms with Crippen molar-refractivity contribution in [2.24, 2.45) is 0 Å². The lowest BCUT2D eigenvalue weighted by Crippen LogP contribution is -2.29. The average Bonchev–Trinajstić information content (AvgIpc) is 3.17. The van der Waals surface area contributed by atoms with Crippen LogP contribution in [0.25, 0.3) is 11.1 Å². The number of halogens is 11. The van der Waals surface area contributed by atoms with Gasteiger partial charge in [-0.2, -0.15) is 39.5 Å². The van der Waals surface area contributed by atoms with Gasteiger partial charge in [-0.15, -0.1) is 0 Å². The molecule has 0 aromatic heterocycles. The number of hydrogen-bond donors (Lipinski definition) is 4. The summed E-state index contributed by atoms with van der Waals surface area (Å²) in [4.78, 5) is 10.6. The number of alkyl halides is 9. The van der Waals surface area contributed by atoms with Crippen molar-refractivity contribution in [1.82, 2.24) is 0 Å². The number of methoxy groups -OCH3 is 2. The third-order valence-electron chi connectivity index (χ3n) is 7.19. The number of aliphatic hydroxyl groups is 2. The summed E-state index contributed by atoms with van der Waals surface area (Å²) in [5.41, 5.74) is 1.33. The van der Waals surface area contributed by atoms with Crippen molar-refractivity contribution in [1.29, 1.82) is 0 Å². The minimum Gasteiger partial charge on any atom is -0.497 e. The Labute approximate surface area is 337 Å². The molecular weight excluding hydrogens is 910 g/mol. The number of ketones is 1. The van der Waals surface area contributed by atoms with E-state index < -0.39 is 43.6 Å². The van der Waals surface area contributed by atoms with Gasteiger partial charge in [-0.1, -0.05) is 92.5 Å². The molecule has 57 heavy (non-hydrogen) atoms. The van der Waals surface area contributed by atoms with E-state index in [2.05, 4.69) is 31.9 Å². The van der Waals surface area contributed by atoms with Gasteiger partial charge in [0, 0.05) is 14.5 Å². The highest BCUT2D eigenvalue weighted by atomic mass is 79.9. The van der Waals surface area contributed by atoms with Crippen LogP contribution in [0, 0.1) is 0 Å². The second-order valence-corrected chi connectivity index (χ2v) is 13.1. The van der Waals surface area contributed by atoms with Gasteiger partial charge in [0.25, 0.3) is 5.78 Å². The summed E-state index contributed by atoms with van der Waals surface area (Å²) in [7, 11) is 1.65. The van der Waals surface area contributed by atoms with Crippen LogP contribution < -0.4 is 14.9 Å². The molecule has 0 amide bonds. The maximum Gasteiger partial charge on any atom is 0.488 e. The Morgan fingerprint density at radius 1 is 0.579 bits per heavy atom. The van der Waals surface area contributed by atoms with E-state index in [0.29, 0.717) is 25.9 Å². The summed E-state index contributed by atoms with van der Waals surface area (Å²) >= 11 is 6.13. The Balaban J connectivity index is 0.000000270. The highest BCUT2D eigenvalue weighted by molar-refractivity contribution is 9.10. The molecule has 306 valence electrons. The van der Waals surface area contributed by atoms with Gasteiger partial charge in [-0.3, -0.25) is 4.79 Å². The SMILES string of the molecule is COc1cccc(-c2ccc([C@@H](O)C(F)(F)F)cc2)c1.COc1cccc(B(O)O)c1.O=C(c1ccc(Br)cc1)C(F)(F)F.O[C@H](c1ccc(Br)cc1)C(F)(F)F. The first-order chi connectivity index (χ1) is 26.5. The quantitative estimate of drug-likeness (QED) is 0.0730. The van der Waals surface area contributed by atoms with Gasteiger partial charge in [0.2, 0.25) is 0 Å². The monoisotopic (exact) mass is 940 g/mol. The van der Waals surface area contributed by atoms with Crippen molar-refractivity contribution in [3.05, 3.63) is 147 Å². The predicted molar refractivity (Wildman–Crippen MR) is 202 cm³/mol. The Kier molecular flexibility index (Phi) is 18.8. The molecule has 4 N–H and O–H groups in total. The Hall–Kier alpha value is -4.40. The number of Topliss-reactive ketones (excluding diaryl/α,β-unsaturated/α-hetero) is 1. The van der Waals surface area contributed by atoms with Gasteiger partial charge in [-0.25, -0.2) is 0 Å². The van der Waals surface area contributed by atoms with E-state index in [-0.39, 0.29) is 16.7 Å². The summed E-state index contributed by atoms with van der Waals surface area (Å²) < 4.78 is 120. The molecule has 0 aliphatic rings. The summed E-state index contributed by atoms with van der Waals surface area (Å²) in [6.07, 6.45) is -18.9. The van der Waals surface area contributed by atoms with Crippen LogP contribution in [0.3, 0.4) is 0 Å². The van der Waals surface area contributed by atoms with Crippen LogP contribution in [0.5, 0.6) is 11.5 Å². The Morgan fingerprint density at radius 3 is 1.39 bits per heavy atom. The summed E-state index contributed by atoms with van der Waals surface area (Å²) in [6, 6.07) is 29.8. The molecule has 0 aliphatic carbocycles. The predicted octanol–water partition coefficient (Wildman–Crippen LogP) is 9.57. The number of rotatable bonds is 7. The van der Waals surface area contributed by atoms with Gasteiger partial charge in [0.15, 0.2) is 12.2 Å². The van der Waals surface area contributed by atoms with E-state index in [9.17, 15) is 44.3 Å². The van der Waals surface area contributed by atoms with Crippen molar-refractivity contribution in [2.45, 2.75) is 30.7 Å².